The van der Waals surface area contributed by atoms with Crippen molar-refractivity contribution in [3.63, 3.8) is 0 Å². The summed E-state index contributed by atoms with van der Waals surface area (Å²) in [5.41, 5.74) is 0. The first-order chi connectivity index (χ1) is 7.74. The first-order valence-electron chi connectivity index (χ1n) is 6.22. The fraction of sp³-hybridized carbons (Fsp3) is 0.917. The highest BCUT2D eigenvalue weighted by Gasteiger charge is 2.16. The van der Waals surface area contributed by atoms with Crippen molar-refractivity contribution in [2.75, 3.05) is 33.9 Å². The van der Waals surface area contributed by atoms with Crippen LogP contribution in [0.5, 0.6) is 0 Å². The zero-order chi connectivity index (χ0) is 11.8. The topological polar surface area (TPSA) is 24.5 Å². The van der Waals surface area contributed by atoms with Gasteiger partial charge in [0.15, 0.2) is 5.11 Å². The molecular weight excluding hydrogens is 220 g/mol. The Morgan fingerprint density at radius 3 is 2.69 bits per heavy atom. The Hall–Kier alpha value is -0.350. The van der Waals surface area contributed by atoms with Gasteiger partial charge in [0.1, 0.15) is 0 Å². The van der Waals surface area contributed by atoms with E-state index in [1.165, 1.54) is 32.1 Å². The van der Waals surface area contributed by atoms with Crippen molar-refractivity contribution in [2.45, 2.75) is 32.1 Å². The molecule has 1 rings (SSSR count). The van der Waals surface area contributed by atoms with Crippen LogP contribution < -0.4 is 5.32 Å². The molecule has 0 saturated heterocycles. The second kappa shape index (κ2) is 7.85. The number of rotatable bonds is 5. The van der Waals surface area contributed by atoms with Crippen molar-refractivity contribution in [3.05, 3.63) is 0 Å². The average Bonchev–Trinajstić information content (AvgIpc) is 2.30. The first-order valence-corrected chi connectivity index (χ1v) is 6.62. The Bertz CT molecular complexity index is 205. The Balaban J connectivity index is 2.16. The molecule has 1 aliphatic carbocycles. The van der Waals surface area contributed by atoms with Crippen molar-refractivity contribution in [3.8, 4) is 0 Å². The number of nitrogens with one attached hydrogen (secondary N) is 1. The lowest BCUT2D eigenvalue weighted by atomic mass is 9.89. The van der Waals surface area contributed by atoms with E-state index in [0.29, 0.717) is 6.61 Å². The highest BCUT2D eigenvalue weighted by Crippen LogP contribution is 2.23. The Labute approximate surface area is 105 Å². The van der Waals surface area contributed by atoms with Gasteiger partial charge >= 0.3 is 0 Å². The molecule has 0 unspecified atom stereocenters. The van der Waals surface area contributed by atoms with Crippen molar-refractivity contribution in [1.29, 1.82) is 0 Å². The summed E-state index contributed by atoms with van der Waals surface area (Å²) in [6, 6.07) is 0. The first kappa shape index (κ1) is 13.7. The number of methoxy groups -OCH3 is 1. The monoisotopic (exact) mass is 244 g/mol. The van der Waals surface area contributed by atoms with Gasteiger partial charge in [0.2, 0.25) is 0 Å². The van der Waals surface area contributed by atoms with Gasteiger partial charge in [-0.05, 0) is 31.0 Å². The summed E-state index contributed by atoms with van der Waals surface area (Å²) in [6.45, 7) is 2.60. The van der Waals surface area contributed by atoms with Crippen LogP contribution in [0.2, 0.25) is 0 Å². The van der Waals surface area contributed by atoms with Crippen LogP contribution in [0.25, 0.3) is 0 Å². The predicted molar refractivity (Wildman–Crippen MR) is 71.7 cm³/mol. The molecule has 0 heterocycles. The van der Waals surface area contributed by atoms with Crippen LogP contribution in [-0.4, -0.2) is 43.9 Å². The van der Waals surface area contributed by atoms with Gasteiger partial charge in [-0.3, -0.25) is 0 Å². The van der Waals surface area contributed by atoms with Crippen LogP contribution in [0.1, 0.15) is 32.1 Å². The van der Waals surface area contributed by atoms with Crippen LogP contribution in [0.3, 0.4) is 0 Å². The maximum atomic E-state index is 5.32. The molecule has 1 saturated carbocycles. The van der Waals surface area contributed by atoms with E-state index in [9.17, 15) is 0 Å². The molecule has 94 valence electrons. The van der Waals surface area contributed by atoms with Gasteiger partial charge < -0.3 is 15.0 Å². The summed E-state index contributed by atoms with van der Waals surface area (Å²) in [4.78, 5) is 2.17. The Morgan fingerprint density at radius 1 is 1.38 bits per heavy atom. The van der Waals surface area contributed by atoms with E-state index in [1.54, 1.807) is 7.11 Å². The second-order valence-electron chi connectivity index (χ2n) is 4.61. The molecule has 1 fully saturated rings. The molecular formula is C12H24N2OS. The molecule has 0 bridgehead atoms. The summed E-state index contributed by atoms with van der Waals surface area (Å²) >= 11 is 5.32. The van der Waals surface area contributed by atoms with Gasteiger partial charge in [-0.25, -0.2) is 0 Å². The molecule has 0 aromatic carbocycles. The minimum atomic E-state index is 0.706. The highest BCUT2D eigenvalue weighted by atomic mass is 32.1. The smallest absolute Gasteiger partial charge is 0.168 e. The van der Waals surface area contributed by atoms with E-state index in [4.69, 9.17) is 17.0 Å². The summed E-state index contributed by atoms with van der Waals surface area (Å²) in [7, 11) is 3.78. The van der Waals surface area contributed by atoms with Crippen LogP contribution >= 0.6 is 12.2 Å². The standard InChI is InChI=1S/C12H24N2OS/c1-14(12(16)13-8-9-15-2)10-11-6-4-3-5-7-11/h11H,3-10H2,1-2H3,(H,13,16). The molecule has 0 aromatic rings. The molecule has 0 atom stereocenters. The maximum absolute atomic E-state index is 5.32. The SMILES string of the molecule is COCCNC(=S)N(C)CC1CCCCC1. The lowest BCUT2D eigenvalue weighted by Gasteiger charge is -2.28. The minimum Gasteiger partial charge on any atom is -0.383 e. The third-order valence-electron chi connectivity index (χ3n) is 3.19. The van der Waals surface area contributed by atoms with Crippen LogP contribution in [-0.2, 0) is 4.74 Å². The number of hydrogen-bond acceptors (Lipinski definition) is 2. The fourth-order valence-electron chi connectivity index (χ4n) is 2.23. The molecule has 3 nitrogen and oxygen atoms in total. The van der Waals surface area contributed by atoms with Crippen molar-refractivity contribution in [1.82, 2.24) is 10.2 Å². The van der Waals surface area contributed by atoms with E-state index in [-0.39, 0.29) is 0 Å². The van der Waals surface area contributed by atoms with E-state index >= 15 is 0 Å². The second-order valence-corrected chi connectivity index (χ2v) is 5.00. The van der Waals surface area contributed by atoms with Crippen LogP contribution in [0.4, 0.5) is 0 Å². The molecule has 0 amide bonds. The molecule has 16 heavy (non-hydrogen) atoms. The van der Waals surface area contributed by atoms with Gasteiger partial charge in [0.05, 0.1) is 6.61 Å². The summed E-state index contributed by atoms with van der Waals surface area (Å²) in [5, 5.41) is 4.05. The summed E-state index contributed by atoms with van der Waals surface area (Å²) < 4.78 is 4.98. The highest BCUT2D eigenvalue weighted by molar-refractivity contribution is 7.80. The molecule has 4 heteroatoms. The number of ether oxygens (including phenoxy) is 1. The van der Waals surface area contributed by atoms with Gasteiger partial charge in [-0.2, -0.15) is 0 Å². The Morgan fingerprint density at radius 2 is 2.06 bits per heavy atom. The van der Waals surface area contributed by atoms with Gasteiger partial charge in [-0.15, -0.1) is 0 Å². The number of hydrogen-bond donors (Lipinski definition) is 1. The van der Waals surface area contributed by atoms with E-state index in [2.05, 4.69) is 17.3 Å². The van der Waals surface area contributed by atoms with Gasteiger partial charge in [-0.1, -0.05) is 19.3 Å². The molecule has 0 radical (unpaired) electrons. The van der Waals surface area contributed by atoms with E-state index in [1.807, 2.05) is 0 Å². The van der Waals surface area contributed by atoms with E-state index < -0.39 is 0 Å². The predicted octanol–water partition coefficient (Wildman–Crippen LogP) is 2.02. The zero-order valence-electron chi connectivity index (χ0n) is 10.5. The van der Waals surface area contributed by atoms with Gasteiger partial charge in [0, 0.05) is 27.2 Å². The largest absolute Gasteiger partial charge is 0.383 e. The lowest BCUT2D eigenvalue weighted by molar-refractivity contribution is 0.202. The Kier molecular flexibility index (Phi) is 6.73. The zero-order valence-corrected chi connectivity index (χ0v) is 11.3. The van der Waals surface area contributed by atoms with Crippen LogP contribution in [0, 0.1) is 5.92 Å². The minimum absolute atomic E-state index is 0.706. The van der Waals surface area contributed by atoms with Crippen molar-refractivity contribution >= 4 is 17.3 Å². The van der Waals surface area contributed by atoms with Crippen molar-refractivity contribution < 1.29 is 4.74 Å². The fourth-order valence-corrected chi connectivity index (χ4v) is 2.41. The molecule has 1 N–H and O–H groups in total. The van der Waals surface area contributed by atoms with Crippen LogP contribution in [0.15, 0.2) is 0 Å². The summed E-state index contributed by atoms with van der Waals surface area (Å²) in [5.74, 6) is 0.834. The quantitative estimate of drug-likeness (QED) is 0.591. The summed E-state index contributed by atoms with van der Waals surface area (Å²) in [6.07, 6.45) is 6.93. The normalized spacial score (nSPS) is 17.1. The number of nitrogens with zero attached hydrogens (tertiary/aromatic N) is 1. The maximum Gasteiger partial charge on any atom is 0.168 e. The lowest BCUT2D eigenvalue weighted by Crippen LogP contribution is -2.41. The van der Waals surface area contributed by atoms with Gasteiger partial charge in [0.25, 0.3) is 0 Å². The average molecular weight is 244 g/mol. The van der Waals surface area contributed by atoms with Crippen molar-refractivity contribution in [2.24, 2.45) is 5.92 Å². The van der Waals surface area contributed by atoms with E-state index in [0.717, 1.165) is 24.1 Å². The number of thiocarbonyl (C=S) groups is 1. The molecule has 0 aromatic heterocycles. The molecule has 0 aliphatic heterocycles. The molecule has 1 aliphatic rings. The third kappa shape index (κ3) is 5.12. The molecule has 0 spiro atoms. The third-order valence-corrected chi connectivity index (χ3v) is 3.64.